The molecule has 0 radical (unpaired) electrons. The lowest BCUT2D eigenvalue weighted by molar-refractivity contribution is -0.539. The van der Waals surface area contributed by atoms with E-state index in [1.165, 1.54) is 32.5 Å². The number of nitrogens with two attached hydrogens (primary N) is 1. The van der Waals surface area contributed by atoms with Crippen LogP contribution in [0, 0.1) is 0 Å². The summed E-state index contributed by atoms with van der Waals surface area (Å²) in [5, 5.41) is 5.67. The number of fused-ring (bicyclic) bond motifs is 2. The van der Waals surface area contributed by atoms with Gasteiger partial charge in [-0.2, -0.15) is 0 Å². The van der Waals surface area contributed by atoms with Gasteiger partial charge in [-0.3, -0.25) is 4.48 Å². The Hall–Kier alpha value is -1.67. The van der Waals surface area contributed by atoms with Gasteiger partial charge in [0.05, 0.1) is 59.8 Å². The molecular weight excluding hydrogens is 450 g/mol. The first-order chi connectivity index (χ1) is 13.5. The predicted molar refractivity (Wildman–Crippen MR) is 119 cm³/mol. The van der Waals surface area contributed by atoms with Gasteiger partial charge in [0, 0.05) is 46.6 Å². The largest absolute Gasteiger partial charge is 0.748 e. The molecule has 0 saturated carbocycles. The van der Waals surface area contributed by atoms with Gasteiger partial charge in [0.2, 0.25) is 0 Å². The Morgan fingerprint density at radius 1 is 0.867 bits per heavy atom. The molecule has 0 aromatic heterocycles. The van der Waals surface area contributed by atoms with Crippen molar-refractivity contribution >= 4 is 54.7 Å². The zero-order valence-electron chi connectivity index (χ0n) is 17.7. The smallest absolute Gasteiger partial charge is 0.133 e. The number of anilines is 2. The molecular formula is C18H27N3O6S3. The Labute approximate surface area is 182 Å². The highest BCUT2D eigenvalue weighted by atomic mass is 32.2. The van der Waals surface area contributed by atoms with Gasteiger partial charge in [-0.25, -0.2) is 16.8 Å². The van der Waals surface area contributed by atoms with E-state index in [0.717, 1.165) is 4.48 Å². The van der Waals surface area contributed by atoms with Crippen LogP contribution in [-0.4, -0.2) is 66.6 Å². The maximum absolute atomic E-state index is 9.08. The van der Waals surface area contributed by atoms with Crippen LogP contribution in [0.5, 0.6) is 0 Å². The molecule has 2 aromatic rings. The molecule has 30 heavy (non-hydrogen) atoms. The molecule has 0 aliphatic carbocycles. The first kappa shape index (κ1) is 26.4. The van der Waals surface area contributed by atoms with Crippen LogP contribution in [0.3, 0.4) is 0 Å². The van der Waals surface area contributed by atoms with Crippen molar-refractivity contribution in [3.8, 4) is 0 Å². The Morgan fingerprint density at radius 3 is 1.73 bits per heavy atom. The fourth-order valence-electron chi connectivity index (χ4n) is 2.29. The zero-order chi connectivity index (χ0) is 23.3. The summed E-state index contributed by atoms with van der Waals surface area (Å²) in [5.74, 6) is 0. The van der Waals surface area contributed by atoms with Crippen molar-refractivity contribution < 1.29 is 31.3 Å². The first-order valence-corrected chi connectivity index (χ1v) is 13.1. The van der Waals surface area contributed by atoms with Crippen LogP contribution >= 0.6 is 11.8 Å². The molecule has 0 bridgehead atoms. The van der Waals surface area contributed by atoms with Gasteiger partial charge in [0.15, 0.2) is 0 Å². The van der Waals surface area contributed by atoms with E-state index in [9.17, 15) is 0 Å². The van der Waals surface area contributed by atoms with Gasteiger partial charge in [-0.1, -0.05) is 11.8 Å². The number of nitrogens with one attached hydrogen (secondary N) is 1. The number of hydrogen-bond acceptors (Lipinski definition) is 8. The molecule has 0 unspecified atom stereocenters. The topological polar surface area (TPSA) is 143 Å². The third-order valence-electron chi connectivity index (χ3n) is 3.57. The molecule has 0 atom stereocenters. The average molecular weight is 478 g/mol. The second kappa shape index (κ2) is 10.1. The highest BCUT2D eigenvalue weighted by molar-refractivity contribution is 7.99. The van der Waals surface area contributed by atoms with Crippen molar-refractivity contribution in [1.82, 2.24) is 4.48 Å². The second-order valence-electron chi connectivity index (χ2n) is 7.37. The molecule has 0 fully saturated rings. The van der Waals surface area contributed by atoms with Gasteiger partial charge >= 0.3 is 0 Å². The average Bonchev–Trinajstić information content (AvgIpc) is 2.55. The normalized spacial score (nSPS) is 12.8. The molecule has 0 saturated heterocycles. The Bertz CT molecular complexity index is 1050. The van der Waals surface area contributed by atoms with E-state index in [1.54, 1.807) is 0 Å². The third-order valence-corrected chi connectivity index (χ3v) is 4.68. The summed E-state index contributed by atoms with van der Waals surface area (Å²) in [7, 11) is 0.827. The van der Waals surface area contributed by atoms with E-state index in [-0.39, 0.29) is 0 Å². The molecule has 1 aliphatic rings. The Kier molecular flexibility index (Phi) is 8.87. The van der Waals surface area contributed by atoms with E-state index in [1.807, 2.05) is 11.8 Å². The Morgan fingerprint density at radius 2 is 1.30 bits per heavy atom. The summed E-state index contributed by atoms with van der Waals surface area (Å²) in [6.45, 7) is 0. The standard InChI is InChI=1S/C16H20N3S.2CH4O3S/c1-17-11-5-7-13-15(9-11)20-16-10-12(19(2,3)4)6-8-14(16)18-13;2*1-5(2,3)4/h5-10,17-18H,1-4H3;2*1H3,(H,2,3,4)/q+1;;/p-1. The monoisotopic (exact) mass is 477 g/mol. The third kappa shape index (κ3) is 10.4. The minimum absolute atomic E-state index is 0.604. The van der Waals surface area contributed by atoms with Crippen LogP contribution in [0.4, 0.5) is 22.7 Å². The van der Waals surface area contributed by atoms with Gasteiger partial charge in [0.25, 0.3) is 0 Å². The van der Waals surface area contributed by atoms with Crippen molar-refractivity contribution in [3.05, 3.63) is 36.4 Å². The summed E-state index contributed by atoms with van der Waals surface area (Å²) in [6.07, 6.45) is 1.21. The van der Waals surface area contributed by atoms with Gasteiger partial charge in [0.1, 0.15) is 11.4 Å². The zero-order valence-corrected chi connectivity index (χ0v) is 20.1. The highest BCUT2D eigenvalue weighted by Crippen LogP contribution is 2.46. The lowest BCUT2D eigenvalue weighted by atomic mass is 10.2. The molecule has 1 heterocycles. The summed E-state index contributed by atoms with van der Waals surface area (Å²) in [5.41, 5.74) is 4.99. The van der Waals surface area contributed by atoms with Crippen molar-refractivity contribution in [3.63, 3.8) is 0 Å². The molecule has 0 spiro atoms. The summed E-state index contributed by atoms with van der Waals surface area (Å²) >= 11 is 1.85. The van der Waals surface area contributed by atoms with Crippen molar-refractivity contribution in [2.45, 2.75) is 9.79 Å². The number of quaternary nitrogens is 2. The molecule has 1 aliphatic heterocycles. The lowest BCUT2D eigenvalue weighted by Crippen LogP contribution is -2.72. The molecule has 3 N–H and O–H groups in total. The number of benzene rings is 2. The SMILES string of the molecule is CS(=O)(=O)[O-].CS(=O)(=O)[O-].C[NH2+]c1ccc2c(c1)Sc1cc([N+](C)(C)C)ccc1N2. The summed E-state index contributed by atoms with van der Waals surface area (Å²) in [4.78, 5) is 2.60. The second-order valence-corrected chi connectivity index (χ2v) is 11.3. The molecule has 0 amide bonds. The van der Waals surface area contributed by atoms with E-state index in [4.69, 9.17) is 25.9 Å². The molecule has 168 valence electrons. The minimum Gasteiger partial charge on any atom is -0.748 e. The van der Waals surface area contributed by atoms with E-state index >= 15 is 0 Å². The molecule has 2 aromatic carbocycles. The van der Waals surface area contributed by atoms with E-state index in [0.29, 0.717) is 12.5 Å². The van der Waals surface area contributed by atoms with E-state index < -0.39 is 20.2 Å². The predicted octanol–water partition coefficient (Wildman–Crippen LogP) is 1.24. The van der Waals surface area contributed by atoms with Crippen LogP contribution in [0.2, 0.25) is 0 Å². The van der Waals surface area contributed by atoms with Crippen molar-refractivity contribution in [2.75, 3.05) is 46.0 Å². The van der Waals surface area contributed by atoms with Crippen molar-refractivity contribution in [2.24, 2.45) is 0 Å². The molecule has 3 rings (SSSR count). The summed E-state index contributed by atoms with van der Waals surface area (Å²) in [6, 6.07) is 13.2. The molecule has 12 heteroatoms. The van der Waals surface area contributed by atoms with Crippen molar-refractivity contribution in [1.29, 1.82) is 0 Å². The fraction of sp³-hybridized carbons (Fsp3) is 0.333. The van der Waals surface area contributed by atoms with Crippen LogP contribution in [0.1, 0.15) is 0 Å². The quantitative estimate of drug-likeness (QED) is 0.319. The maximum atomic E-state index is 9.08. The number of rotatable bonds is 2. The number of hydrogen-bond donors (Lipinski definition) is 2. The van der Waals surface area contributed by atoms with Crippen LogP contribution < -0.4 is 15.1 Å². The first-order valence-electron chi connectivity index (χ1n) is 8.63. The van der Waals surface area contributed by atoms with Gasteiger partial charge in [-0.15, -0.1) is 0 Å². The highest BCUT2D eigenvalue weighted by Gasteiger charge is 2.20. The van der Waals surface area contributed by atoms with E-state index in [2.05, 4.69) is 75.2 Å². The fourth-order valence-corrected chi connectivity index (χ4v) is 3.36. The Balaban J connectivity index is 0.000000378. The summed E-state index contributed by atoms with van der Waals surface area (Å²) < 4.78 is 55.3. The molecule has 9 nitrogen and oxygen atoms in total. The lowest BCUT2D eigenvalue weighted by Gasteiger charge is -2.26. The van der Waals surface area contributed by atoms with Gasteiger partial charge in [-0.05, 0) is 12.1 Å². The number of nitrogens with zero attached hydrogens (tertiary/aromatic N) is 1. The minimum atomic E-state index is -3.92. The van der Waals surface area contributed by atoms with Crippen LogP contribution in [-0.2, 0) is 20.2 Å². The van der Waals surface area contributed by atoms with Crippen LogP contribution in [0.15, 0.2) is 46.2 Å². The maximum Gasteiger partial charge on any atom is 0.133 e. The van der Waals surface area contributed by atoms with Crippen LogP contribution in [0.25, 0.3) is 0 Å². The van der Waals surface area contributed by atoms with Gasteiger partial charge < -0.3 is 19.7 Å².